The number of halogens is 1. The van der Waals surface area contributed by atoms with Crippen LogP contribution in [0.2, 0.25) is 0 Å². The molecule has 19 heavy (non-hydrogen) atoms. The summed E-state index contributed by atoms with van der Waals surface area (Å²) in [5, 5.41) is 0. The Morgan fingerprint density at radius 1 is 1.32 bits per heavy atom. The summed E-state index contributed by atoms with van der Waals surface area (Å²) in [6, 6.07) is 7.32. The molecule has 4 nitrogen and oxygen atoms in total. The highest BCUT2D eigenvalue weighted by Gasteiger charge is 2.18. The second-order valence-corrected chi connectivity index (χ2v) is 4.22. The van der Waals surface area contributed by atoms with Crippen LogP contribution in [0.5, 0.6) is 5.75 Å². The van der Waals surface area contributed by atoms with E-state index in [1.165, 1.54) is 0 Å². The highest BCUT2D eigenvalue weighted by atomic mass is 35.5. The summed E-state index contributed by atoms with van der Waals surface area (Å²) in [7, 11) is 1.64. The molecule has 1 atom stereocenters. The minimum atomic E-state index is -0.400. The first-order valence-electron chi connectivity index (χ1n) is 6.29. The quantitative estimate of drug-likeness (QED) is 0.872. The van der Waals surface area contributed by atoms with Crippen LogP contribution in [0.3, 0.4) is 0 Å². The molecule has 1 aromatic rings. The smallest absolute Gasteiger partial charge is 0.239 e. The van der Waals surface area contributed by atoms with Gasteiger partial charge < -0.3 is 15.4 Å². The van der Waals surface area contributed by atoms with Gasteiger partial charge in [-0.05, 0) is 31.0 Å². The van der Waals surface area contributed by atoms with Crippen LogP contribution >= 0.6 is 12.4 Å². The Balaban J connectivity index is 0.00000324. The minimum absolute atomic E-state index is 0. The number of amides is 1. The summed E-state index contributed by atoms with van der Waals surface area (Å²) in [5.74, 6) is 0.828. The third kappa shape index (κ3) is 5.09. The molecule has 1 rings (SSSR count). The topological polar surface area (TPSA) is 55.6 Å². The zero-order valence-electron chi connectivity index (χ0n) is 11.8. The van der Waals surface area contributed by atoms with Crippen molar-refractivity contribution >= 4 is 18.3 Å². The lowest BCUT2D eigenvalue weighted by Crippen LogP contribution is -2.42. The van der Waals surface area contributed by atoms with Gasteiger partial charge in [0.2, 0.25) is 5.91 Å². The van der Waals surface area contributed by atoms with Crippen LogP contribution in [-0.4, -0.2) is 30.5 Å². The number of likely N-dealkylation sites (N-methyl/N-ethyl adjacent to an activating group) is 1. The van der Waals surface area contributed by atoms with Crippen LogP contribution < -0.4 is 10.5 Å². The predicted molar refractivity (Wildman–Crippen MR) is 79.6 cm³/mol. The van der Waals surface area contributed by atoms with Crippen molar-refractivity contribution in [3.63, 3.8) is 0 Å². The van der Waals surface area contributed by atoms with Crippen molar-refractivity contribution in [3.8, 4) is 5.75 Å². The first-order valence-corrected chi connectivity index (χ1v) is 6.29. The lowest BCUT2D eigenvalue weighted by atomic mass is 10.1. The highest BCUT2D eigenvalue weighted by Crippen LogP contribution is 2.13. The van der Waals surface area contributed by atoms with E-state index < -0.39 is 6.04 Å². The van der Waals surface area contributed by atoms with Gasteiger partial charge in [0.25, 0.3) is 0 Å². The molecule has 0 heterocycles. The minimum Gasteiger partial charge on any atom is -0.497 e. The Morgan fingerprint density at radius 2 is 1.89 bits per heavy atom. The monoisotopic (exact) mass is 286 g/mol. The number of ether oxygens (including phenoxy) is 1. The van der Waals surface area contributed by atoms with E-state index in [2.05, 4.69) is 0 Å². The van der Waals surface area contributed by atoms with Crippen molar-refractivity contribution in [2.75, 3.05) is 13.7 Å². The first-order chi connectivity index (χ1) is 8.62. The molecule has 0 spiro atoms. The van der Waals surface area contributed by atoms with E-state index in [1.807, 2.05) is 38.1 Å². The third-order valence-electron chi connectivity index (χ3n) is 2.98. The molecule has 0 fully saturated rings. The SMILES string of the molecule is CC[C@H](N)C(=O)N(CC)Cc1ccc(OC)cc1.Cl. The summed E-state index contributed by atoms with van der Waals surface area (Å²) in [5.41, 5.74) is 6.86. The Hall–Kier alpha value is -1.26. The Morgan fingerprint density at radius 3 is 2.32 bits per heavy atom. The van der Waals surface area contributed by atoms with Crippen molar-refractivity contribution in [1.82, 2.24) is 4.90 Å². The number of carbonyl (C=O) groups is 1. The zero-order chi connectivity index (χ0) is 13.5. The maximum absolute atomic E-state index is 12.0. The van der Waals surface area contributed by atoms with E-state index >= 15 is 0 Å². The molecule has 1 amide bonds. The summed E-state index contributed by atoms with van der Waals surface area (Å²) in [6.07, 6.45) is 0.665. The number of hydrogen-bond donors (Lipinski definition) is 1. The molecule has 1 aromatic carbocycles. The number of rotatable bonds is 6. The lowest BCUT2D eigenvalue weighted by molar-refractivity contribution is -0.133. The Bertz CT molecular complexity index is 382. The van der Waals surface area contributed by atoms with Crippen LogP contribution in [0.25, 0.3) is 0 Å². The van der Waals surface area contributed by atoms with Crippen LogP contribution in [0.15, 0.2) is 24.3 Å². The van der Waals surface area contributed by atoms with Crippen molar-refractivity contribution in [2.24, 2.45) is 5.73 Å². The molecule has 0 unspecified atom stereocenters. The molecule has 0 aliphatic carbocycles. The van der Waals surface area contributed by atoms with Gasteiger partial charge in [-0.3, -0.25) is 4.79 Å². The number of methoxy groups -OCH3 is 1. The van der Waals surface area contributed by atoms with E-state index in [0.29, 0.717) is 19.5 Å². The Kier molecular flexibility index (Phi) is 8.19. The van der Waals surface area contributed by atoms with Crippen molar-refractivity contribution in [1.29, 1.82) is 0 Å². The summed E-state index contributed by atoms with van der Waals surface area (Å²) in [4.78, 5) is 13.8. The van der Waals surface area contributed by atoms with E-state index in [9.17, 15) is 4.79 Å². The molecule has 0 aliphatic rings. The molecule has 0 aromatic heterocycles. The molecular formula is C14H23ClN2O2. The summed E-state index contributed by atoms with van der Waals surface area (Å²) in [6.45, 7) is 5.14. The second kappa shape index (κ2) is 8.77. The Labute approximate surface area is 121 Å². The highest BCUT2D eigenvalue weighted by molar-refractivity contribution is 5.85. The zero-order valence-corrected chi connectivity index (χ0v) is 12.6. The maximum atomic E-state index is 12.0. The fourth-order valence-electron chi connectivity index (χ4n) is 1.71. The molecule has 0 saturated heterocycles. The normalized spacial score (nSPS) is 11.4. The number of nitrogens with zero attached hydrogens (tertiary/aromatic N) is 1. The van der Waals surface area contributed by atoms with Gasteiger partial charge in [-0.15, -0.1) is 12.4 Å². The number of hydrogen-bond acceptors (Lipinski definition) is 3. The van der Waals surface area contributed by atoms with Gasteiger partial charge >= 0.3 is 0 Å². The van der Waals surface area contributed by atoms with Crippen molar-refractivity contribution < 1.29 is 9.53 Å². The largest absolute Gasteiger partial charge is 0.497 e. The van der Waals surface area contributed by atoms with Crippen LogP contribution in [0.1, 0.15) is 25.8 Å². The maximum Gasteiger partial charge on any atom is 0.239 e. The molecule has 108 valence electrons. The van der Waals surface area contributed by atoms with Crippen LogP contribution in [0.4, 0.5) is 0 Å². The number of nitrogens with two attached hydrogens (primary N) is 1. The molecule has 0 radical (unpaired) electrons. The van der Waals surface area contributed by atoms with E-state index in [0.717, 1.165) is 11.3 Å². The summed E-state index contributed by atoms with van der Waals surface area (Å²) < 4.78 is 5.10. The van der Waals surface area contributed by atoms with E-state index in [-0.39, 0.29) is 18.3 Å². The molecule has 5 heteroatoms. The predicted octanol–water partition coefficient (Wildman–Crippen LogP) is 2.20. The second-order valence-electron chi connectivity index (χ2n) is 4.22. The summed E-state index contributed by atoms with van der Waals surface area (Å²) >= 11 is 0. The van der Waals surface area contributed by atoms with Gasteiger partial charge in [-0.2, -0.15) is 0 Å². The van der Waals surface area contributed by atoms with Crippen molar-refractivity contribution in [2.45, 2.75) is 32.9 Å². The molecule has 0 bridgehead atoms. The average Bonchev–Trinajstić information content (AvgIpc) is 2.43. The molecule has 0 saturated carbocycles. The van der Waals surface area contributed by atoms with Gasteiger partial charge in [0, 0.05) is 13.1 Å². The van der Waals surface area contributed by atoms with Crippen molar-refractivity contribution in [3.05, 3.63) is 29.8 Å². The van der Waals surface area contributed by atoms with E-state index in [1.54, 1.807) is 12.0 Å². The fraction of sp³-hybridized carbons (Fsp3) is 0.500. The van der Waals surface area contributed by atoms with Gasteiger partial charge in [0.1, 0.15) is 5.75 Å². The molecule has 2 N–H and O–H groups in total. The van der Waals surface area contributed by atoms with Gasteiger partial charge in [0.05, 0.1) is 13.2 Å². The number of carbonyl (C=O) groups excluding carboxylic acids is 1. The van der Waals surface area contributed by atoms with E-state index in [4.69, 9.17) is 10.5 Å². The number of benzene rings is 1. The molecular weight excluding hydrogens is 264 g/mol. The average molecular weight is 287 g/mol. The lowest BCUT2D eigenvalue weighted by Gasteiger charge is -2.24. The van der Waals surface area contributed by atoms with Gasteiger partial charge in [0.15, 0.2) is 0 Å². The first kappa shape index (κ1) is 17.7. The van der Waals surface area contributed by atoms with Gasteiger partial charge in [-0.1, -0.05) is 19.1 Å². The standard InChI is InChI=1S/C14H22N2O2.ClH/c1-4-13(15)14(17)16(5-2)10-11-6-8-12(18-3)9-7-11;/h6-9,13H,4-5,10,15H2,1-3H3;1H/t13-;/m0./s1. The fourth-order valence-corrected chi connectivity index (χ4v) is 1.71. The van der Waals surface area contributed by atoms with Crippen LogP contribution in [0, 0.1) is 0 Å². The molecule has 0 aliphatic heterocycles. The third-order valence-corrected chi connectivity index (χ3v) is 2.98. The van der Waals surface area contributed by atoms with Crippen LogP contribution in [-0.2, 0) is 11.3 Å². The van der Waals surface area contributed by atoms with Gasteiger partial charge in [-0.25, -0.2) is 0 Å².